The summed E-state index contributed by atoms with van der Waals surface area (Å²) in [6.45, 7) is 4.25. The minimum Gasteiger partial charge on any atom is -0.480 e. The number of benzene rings is 3. The fourth-order valence-corrected chi connectivity index (χ4v) is 4.74. The highest BCUT2D eigenvalue weighted by molar-refractivity contribution is 7.99. The van der Waals surface area contributed by atoms with E-state index in [1.807, 2.05) is 23.9 Å². The number of thioether (sulfide) groups is 1. The van der Waals surface area contributed by atoms with Gasteiger partial charge >= 0.3 is 5.97 Å². The van der Waals surface area contributed by atoms with Gasteiger partial charge in [-0.1, -0.05) is 43.3 Å². The number of aliphatic imine (C=N–C) groups is 1. The molecule has 0 fully saturated rings. The Bertz CT molecular complexity index is 1450. The molecule has 1 atom stereocenters. The molecular formula is C28H24FN3O2S. The number of aliphatic carboxylic acids is 1. The normalized spacial score (nSPS) is 13.4. The topological polar surface area (TPSA) is 74.6 Å². The number of fused-ring (bicyclic) bond motifs is 1. The van der Waals surface area contributed by atoms with Gasteiger partial charge in [0.15, 0.2) is 0 Å². The van der Waals surface area contributed by atoms with Crippen molar-refractivity contribution in [3.8, 4) is 22.4 Å². The zero-order valence-corrected chi connectivity index (χ0v) is 20.2. The molecule has 1 unspecified atom stereocenters. The van der Waals surface area contributed by atoms with Crippen LogP contribution in [0.15, 0.2) is 76.6 Å². The minimum absolute atomic E-state index is 0.408. The Hall–Kier alpha value is -3.71. The number of hydrogen-bond acceptors (Lipinski definition) is 5. The van der Waals surface area contributed by atoms with E-state index in [1.165, 1.54) is 17.0 Å². The van der Waals surface area contributed by atoms with Crippen LogP contribution in [0.25, 0.3) is 33.3 Å². The van der Waals surface area contributed by atoms with Crippen LogP contribution in [0.5, 0.6) is 0 Å². The summed E-state index contributed by atoms with van der Waals surface area (Å²) in [6.07, 6.45) is 0. The average molecular weight is 486 g/mol. The van der Waals surface area contributed by atoms with E-state index < -0.39 is 17.8 Å². The second-order valence-corrected chi connectivity index (χ2v) is 9.71. The van der Waals surface area contributed by atoms with Crippen LogP contribution in [0.1, 0.15) is 19.4 Å². The van der Waals surface area contributed by atoms with Crippen molar-refractivity contribution in [2.24, 2.45) is 4.99 Å². The minimum atomic E-state index is -0.996. The number of aromatic nitrogens is 1. The van der Waals surface area contributed by atoms with Crippen molar-refractivity contribution in [3.05, 3.63) is 78.1 Å². The quantitative estimate of drug-likeness (QED) is 0.278. The van der Waals surface area contributed by atoms with Crippen molar-refractivity contribution in [2.75, 3.05) is 17.6 Å². The summed E-state index contributed by atoms with van der Waals surface area (Å²) in [4.78, 5) is 22.1. The van der Waals surface area contributed by atoms with Gasteiger partial charge in [-0.25, -0.2) is 9.37 Å². The summed E-state index contributed by atoms with van der Waals surface area (Å²) < 4.78 is 14.2. The molecule has 1 aromatic heterocycles. The Morgan fingerprint density at radius 1 is 1.06 bits per heavy atom. The molecule has 3 aromatic carbocycles. The lowest BCUT2D eigenvalue weighted by molar-refractivity contribution is -0.137. The standard InChI is InChI=1S/C28H24FN3O2S/c1-3-35-21-11-8-18(9-12-21)17-4-6-19(7-5-17)26-25(24-15-30-24)27(31-16(2)28(33)34)22-14-20(29)10-13-23(22)32-26/h4-14,16H,3,15H2,1-2H3,(H,31,32)(H,33,34). The molecular weight excluding hydrogens is 461 g/mol. The summed E-state index contributed by atoms with van der Waals surface area (Å²) in [5.74, 6) is -0.367. The lowest BCUT2D eigenvalue weighted by atomic mass is 9.96. The van der Waals surface area contributed by atoms with Crippen molar-refractivity contribution in [1.82, 2.24) is 4.98 Å². The Morgan fingerprint density at radius 2 is 1.69 bits per heavy atom. The lowest BCUT2D eigenvalue weighted by Crippen LogP contribution is -2.26. The predicted molar refractivity (Wildman–Crippen MR) is 141 cm³/mol. The first-order chi connectivity index (χ1) is 16.9. The Kier molecular flexibility index (Phi) is 6.26. The molecule has 176 valence electrons. The van der Waals surface area contributed by atoms with E-state index in [9.17, 15) is 14.3 Å². The van der Waals surface area contributed by atoms with Crippen LogP contribution >= 0.6 is 11.8 Å². The van der Waals surface area contributed by atoms with E-state index in [0.717, 1.165) is 33.7 Å². The first kappa shape index (κ1) is 23.1. The lowest BCUT2D eigenvalue weighted by Gasteiger charge is -2.19. The van der Waals surface area contributed by atoms with Crippen LogP contribution in [0.4, 0.5) is 10.1 Å². The third kappa shape index (κ3) is 4.77. The van der Waals surface area contributed by atoms with Gasteiger partial charge in [0.05, 0.1) is 29.2 Å². The van der Waals surface area contributed by atoms with Gasteiger partial charge in [-0.15, -0.1) is 11.8 Å². The van der Waals surface area contributed by atoms with Crippen molar-refractivity contribution in [1.29, 1.82) is 0 Å². The number of nitrogens with zero attached hydrogens (tertiary/aromatic N) is 2. The molecule has 0 bridgehead atoms. The molecule has 7 heteroatoms. The molecule has 5 nitrogen and oxygen atoms in total. The molecule has 0 saturated carbocycles. The second kappa shape index (κ2) is 9.50. The van der Waals surface area contributed by atoms with Gasteiger partial charge in [0.2, 0.25) is 0 Å². The van der Waals surface area contributed by atoms with Crippen molar-refractivity contribution in [2.45, 2.75) is 24.8 Å². The Morgan fingerprint density at radius 3 is 2.29 bits per heavy atom. The van der Waals surface area contributed by atoms with E-state index >= 15 is 0 Å². The second-order valence-electron chi connectivity index (χ2n) is 8.37. The number of carboxylic acid groups (broad SMARTS) is 1. The zero-order valence-electron chi connectivity index (χ0n) is 19.4. The van der Waals surface area contributed by atoms with Gasteiger partial charge in [-0.05, 0) is 54.1 Å². The summed E-state index contributed by atoms with van der Waals surface area (Å²) in [5.41, 5.74) is 6.48. The highest BCUT2D eigenvalue weighted by Crippen LogP contribution is 2.38. The van der Waals surface area contributed by atoms with E-state index in [4.69, 9.17) is 4.98 Å². The van der Waals surface area contributed by atoms with Crippen LogP contribution < -0.4 is 5.32 Å². The zero-order chi connectivity index (χ0) is 24.5. The first-order valence-electron chi connectivity index (χ1n) is 11.4. The fraction of sp³-hybridized carbons (Fsp3) is 0.179. The molecule has 4 aromatic rings. The van der Waals surface area contributed by atoms with Crippen LogP contribution in [0, 0.1) is 5.82 Å². The molecule has 0 radical (unpaired) electrons. The molecule has 1 aliphatic heterocycles. The summed E-state index contributed by atoms with van der Waals surface area (Å²) in [6, 6.07) is 20.1. The van der Waals surface area contributed by atoms with Crippen LogP contribution in [0.3, 0.4) is 0 Å². The average Bonchev–Trinajstić information content (AvgIpc) is 3.70. The van der Waals surface area contributed by atoms with Crippen molar-refractivity contribution >= 4 is 40.0 Å². The monoisotopic (exact) mass is 485 g/mol. The summed E-state index contributed by atoms with van der Waals surface area (Å²) >= 11 is 1.81. The number of pyridine rings is 1. The molecule has 1 aliphatic rings. The highest BCUT2D eigenvalue weighted by atomic mass is 32.2. The number of nitrogens with one attached hydrogen (secondary N) is 1. The van der Waals surface area contributed by atoms with Crippen LogP contribution in [0.2, 0.25) is 0 Å². The Balaban J connectivity index is 1.61. The largest absolute Gasteiger partial charge is 0.480 e. The molecule has 5 rings (SSSR count). The van der Waals surface area contributed by atoms with Crippen molar-refractivity contribution in [3.63, 3.8) is 0 Å². The predicted octanol–water partition coefficient (Wildman–Crippen LogP) is 6.51. The van der Waals surface area contributed by atoms with Crippen molar-refractivity contribution < 1.29 is 14.3 Å². The van der Waals surface area contributed by atoms with E-state index in [2.05, 4.69) is 53.6 Å². The van der Waals surface area contributed by atoms with Gasteiger partial charge < -0.3 is 10.4 Å². The highest BCUT2D eigenvalue weighted by Gasteiger charge is 2.27. The first-order valence-corrected chi connectivity index (χ1v) is 12.4. The van der Waals surface area contributed by atoms with Gasteiger partial charge in [-0.2, -0.15) is 0 Å². The number of carboxylic acids is 1. The van der Waals surface area contributed by atoms with Gasteiger partial charge in [-0.3, -0.25) is 9.79 Å². The number of rotatable bonds is 8. The number of anilines is 1. The molecule has 2 N–H and O–H groups in total. The summed E-state index contributed by atoms with van der Waals surface area (Å²) in [7, 11) is 0. The molecule has 35 heavy (non-hydrogen) atoms. The third-order valence-electron chi connectivity index (χ3n) is 5.94. The molecule has 2 heterocycles. The smallest absolute Gasteiger partial charge is 0.325 e. The summed E-state index contributed by atoms with van der Waals surface area (Å²) in [5, 5.41) is 13.1. The number of halogens is 1. The van der Waals surface area contributed by atoms with E-state index in [1.54, 1.807) is 13.0 Å². The van der Waals surface area contributed by atoms with E-state index in [0.29, 0.717) is 28.8 Å². The van der Waals surface area contributed by atoms with Gasteiger partial charge in [0.25, 0.3) is 0 Å². The van der Waals surface area contributed by atoms with Gasteiger partial charge in [0, 0.05) is 21.4 Å². The van der Waals surface area contributed by atoms with Crippen LogP contribution in [-0.4, -0.2) is 40.1 Å². The maximum atomic E-state index is 14.2. The maximum absolute atomic E-state index is 14.2. The fourth-order valence-electron chi connectivity index (χ4n) is 4.08. The maximum Gasteiger partial charge on any atom is 0.325 e. The third-order valence-corrected chi connectivity index (χ3v) is 6.83. The van der Waals surface area contributed by atoms with E-state index in [-0.39, 0.29) is 0 Å². The SMILES string of the molecule is CCSc1ccc(-c2ccc(-c3nc4ccc(F)cc4c(NC(C)C(=O)O)c3C3=NC3)cc2)cc1. The molecule has 0 spiro atoms. The molecule has 0 aliphatic carbocycles. The van der Waals surface area contributed by atoms with Crippen LogP contribution in [-0.2, 0) is 4.79 Å². The molecule has 0 amide bonds. The number of carbonyl (C=O) groups is 1. The number of hydrogen-bond donors (Lipinski definition) is 2. The Labute approximate surface area is 207 Å². The molecule has 0 saturated heterocycles. The van der Waals surface area contributed by atoms with Gasteiger partial charge in [0.1, 0.15) is 11.9 Å².